The fourth-order valence-electron chi connectivity index (χ4n) is 3.07. The second-order valence-electron chi connectivity index (χ2n) is 6.25. The largest absolute Gasteiger partial charge is 0.338 e. The van der Waals surface area contributed by atoms with Crippen LogP contribution < -0.4 is 4.57 Å². The first-order valence-electron chi connectivity index (χ1n) is 7.19. The molecule has 2 rings (SSSR count). The number of aryl methyl sites for hydroxylation is 1. The number of imidazole rings is 1. The van der Waals surface area contributed by atoms with E-state index in [0.29, 0.717) is 12.8 Å². The molecule has 1 aromatic heterocycles. The summed E-state index contributed by atoms with van der Waals surface area (Å²) in [5, 5.41) is 0. The van der Waals surface area contributed by atoms with E-state index in [4.69, 9.17) is 4.74 Å². The average molecular weight is 251 g/mol. The van der Waals surface area contributed by atoms with Crippen molar-refractivity contribution in [3.05, 3.63) is 18.7 Å². The SMILES string of the molecule is CC(C)[C@H]1CC[C@H](C)C[C@@H]1OCn1cc[n+](C)c1. The Morgan fingerprint density at radius 3 is 2.78 bits per heavy atom. The lowest BCUT2D eigenvalue weighted by Gasteiger charge is -2.36. The highest BCUT2D eigenvalue weighted by atomic mass is 16.5. The maximum absolute atomic E-state index is 6.18. The predicted molar refractivity (Wildman–Crippen MR) is 71.8 cm³/mol. The highest BCUT2D eigenvalue weighted by Gasteiger charge is 2.31. The molecule has 102 valence electrons. The number of hydrogen-bond acceptors (Lipinski definition) is 1. The molecular formula is C15H27N2O+. The molecule has 1 fully saturated rings. The van der Waals surface area contributed by atoms with Gasteiger partial charge in [0.25, 0.3) is 0 Å². The molecule has 1 saturated carbocycles. The highest BCUT2D eigenvalue weighted by Crippen LogP contribution is 2.35. The van der Waals surface area contributed by atoms with Crippen molar-refractivity contribution in [2.75, 3.05) is 0 Å². The molecule has 0 amide bonds. The van der Waals surface area contributed by atoms with Crippen molar-refractivity contribution < 1.29 is 9.30 Å². The molecule has 0 saturated heterocycles. The molecule has 3 heteroatoms. The highest BCUT2D eigenvalue weighted by molar-refractivity contribution is 4.81. The molecule has 0 spiro atoms. The molecule has 18 heavy (non-hydrogen) atoms. The zero-order valence-electron chi connectivity index (χ0n) is 12.2. The van der Waals surface area contributed by atoms with E-state index in [9.17, 15) is 0 Å². The standard InChI is InChI=1S/C15H27N2O/c1-12(2)14-6-5-13(3)9-15(14)18-11-17-8-7-16(4)10-17/h7-8,10,12-15H,5-6,9,11H2,1-4H3/q+1/t13-,14+,15-/m0/s1. The Labute approximate surface area is 111 Å². The minimum absolute atomic E-state index is 0.432. The zero-order chi connectivity index (χ0) is 13.1. The maximum atomic E-state index is 6.18. The molecule has 0 unspecified atom stereocenters. The van der Waals surface area contributed by atoms with Gasteiger partial charge in [0.2, 0.25) is 6.33 Å². The minimum Gasteiger partial charge on any atom is -0.338 e. The van der Waals surface area contributed by atoms with Crippen LogP contribution in [0.4, 0.5) is 0 Å². The molecule has 0 aromatic carbocycles. The van der Waals surface area contributed by atoms with Crippen LogP contribution in [0.15, 0.2) is 18.7 Å². The monoisotopic (exact) mass is 251 g/mol. The molecule has 3 atom stereocenters. The van der Waals surface area contributed by atoms with Gasteiger partial charge < -0.3 is 4.74 Å². The fraction of sp³-hybridized carbons (Fsp3) is 0.800. The molecule has 0 bridgehead atoms. The minimum atomic E-state index is 0.432. The molecule has 0 radical (unpaired) electrons. The van der Waals surface area contributed by atoms with Crippen LogP contribution in [0.2, 0.25) is 0 Å². The molecule has 3 nitrogen and oxygen atoms in total. The fourth-order valence-corrected chi connectivity index (χ4v) is 3.07. The van der Waals surface area contributed by atoms with Crippen molar-refractivity contribution in [1.82, 2.24) is 4.57 Å². The lowest BCUT2D eigenvalue weighted by atomic mass is 9.75. The Morgan fingerprint density at radius 2 is 2.17 bits per heavy atom. The predicted octanol–water partition coefficient (Wildman–Crippen LogP) is 2.75. The van der Waals surface area contributed by atoms with Gasteiger partial charge in [-0.05, 0) is 30.6 Å². The van der Waals surface area contributed by atoms with E-state index in [2.05, 4.69) is 37.9 Å². The van der Waals surface area contributed by atoms with Gasteiger partial charge in [0, 0.05) is 0 Å². The molecule has 1 aromatic rings. The van der Waals surface area contributed by atoms with Gasteiger partial charge in [0.05, 0.1) is 13.2 Å². The first kappa shape index (κ1) is 13.6. The van der Waals surface area contributed by atoms with Crippen LogP contribution in [0.5, 0.6) is 0 Å². The van der Waals surface area contributed by atoms with Crippen LogP contribution in [0, 0.1) is 17.8 Å². The summed E-state index contributed by atoms with van der Waals surface area (Å²) in [6, 6.07) is 0. The van der Waals surface area contributed by atoms with Gasteiger partial charge in [0.1, 0.15) is 12.4 Å². The van der Waals surface area contributed by atoms with Crippen molar-refractivity contribution in [2.24, 2.45) is 24.8 Å². The second-order valence-corrected chi connectivity index (χ2v) is 6.25. The Bertz CT molecular complexity index is 372. The molecule has 0 aliphatic heterocycles. The van der Waals surface area contributed by atoms with Gasteiger partial charge in [-0.1, -0.05) is 27.2 Å². The summed E-state index contributed by atoms with van der Waals surface area (Å²) in [5.74, 6) is 2.26. The van der Waals surface area contributed by atoms with Gasteiger partial charge >= 0.3 is 0 Å². The van der Waals surface area contributed by atoms with E-state index in [0.717, 1.165) is 17.8 Å². The smallest absolute Gasteiger partial charge is 0.245 e. The maximum Gasteiger partial charge on any atom is 0.245 e. The van der Waals surface area contributed by atoms with E-state index in [1.807, 2.05) is 17.8 Å². The summed E-state index contributed by atoms with van der Waals surface area (Å²) in [6.07, 6.45) is 10.5. The molecule has 1 heterocycles. The van der Waals surface area contributed by atoms with Crippen molar-refractivity contribution in [3.8, 4) is 0 Å². The van der Waals surface area contributed by atoms with E-state index < -0.39 is 0 Å². The van der Waals surface area contributed by atoms with Crippen LogP contribution in [-0.4, -0.2) is 10.7 Å². The van der Waals surface area contributed by atoms with E-state index in [1.165, 1.54) is 19.3 Å². The first-order valence-corrected chi connectivity index (χ1v) is 7.19. The number of nitrogens with zero attached hydrogens (tertiary/aromatic N) is 2. The van der Waals surface area contributed by atoms with Crippen molar-refractivity contribution in [2.45, 2.75) is 52.9 Å². The van der Waals surface area contributed by atoms with Crippen LogP contribution in [0.1, 0.15) is 40.0 Å². The normalized spacial score (nSPS) is 28.8. The molecule has 0 N–H and O–H groups in total. The first-order chi connectivity index (χ1) is 8.56. The quantitative estimate of drug-likeness (QED) is 0.753. The van der Waals surface area contributed by atoms with E-state index in [1.54, 1.807) is 0 Å². The number of rotatable bonds is 4. The third kappa shape index (κ3) is 3.35. The topological polar surface area (TPSA) is 18.0 Å². The zero-order valence-corrected chi connectivity index (χ0v) is 12.2. The Kier molecular flexibility index (Phi) is 4.44. The molecule has 1 aliphatic rings. The van der Waals surface area contributed by atoms with Gasteiger partial charge in [0.15, 0.2) is 6.73 Å². The van der Waals surface area contributed by atoms with Crippen LogP contribution in [0.25, 0.3) is 0 Å². The van der Waals surface area contributed by atoms with Gasteiger partial charge in [-0.25, -0.2) is 9.13 Å². The number of ether oxygens (including phenoxy) is 1. The lowest BCUT2D eigenvalue weighted by molar-refractivity contribution is -0.671. The third-order valence-electron chi connectivity index (χ3n) is 4.22. The lowest BCUT2D eigenvalue weighted by Crippen LogP contribution is -2.34. The second kappa shape index (κ2) is 5.87. The summed E-state index contributed by atoms with van der Waals surface area (Å²) in [6.45, 7) is 7.68. The molecular weight excluding hydrogens is 224 g/mol. The Balaban J connectivity index is 1.92. The van der Waals surface area contributed by atoms with Crippen LogP contribution >= 0.6 is 0 Å². The average Bonchev–Trinajstić information content (AvgIpc) is 2.72. The molecule has 1 aliphatic carbocycles. The van der Waals surface area contributed by atoms with Gasteiger partial charge in [-0.2, -0.15) is 0 Å². The van der Waals surface area contributed by atoms with Gasteiger partial charge in [-0.15, -0.1) is 0 Å². The van der Waals surface area contributed by atoms with Crippen LogP contribution in [0.3, 0.4) is 0 Å². The summed E-state index contributed by atoms with van der Waals surface area (Å²) >= 11 is 0. The van der Waals surface area contributed by atoms with Gasteiger partial charge in [-0.3, -0.25) is 0 Å². The number of hydrogen-bond donors (Lipinski definition) is 0. The summed E-state index contributed by atoms with van der Waals surface area (Å²) in [4.78, 5) is 0. The van der Waals surface area contributed by atoms with E-state index >= 15 is 0 Å². The Hall–Kier alpha value is -0.830. The van der Waals surface area contributed by atoms with Crippen molar-refractivity contribution in [3.63, 3.8) is 0 Å². The van der Waals surface area contributed by atoms with E-state index in [-0.39, 0.29) is 0 Å². The third-order valence-corrected chi connectivity index (χ3v) is 4.22. The van der Waals surface area contributed by atoms with Crippen molar-refractivity contribution >= 4 is 0 Å². The Morgan fingerprint density at radius 1 is 1.39 bits per heavy atom. The number of aromatic nitrogens is 2. The summed E-state index contributed by atoms with van der Waals surface area (Å²) < 4.78 is 10.3. The summed E-state index contributed by atoms with van der Waals surface area (Å²) in [7, 11) is 2.04. The van der Waals surface area contributed by atoms with Crippen LogP contribution in [-0.2, 0) is 18.5 Å². The summed E-state index contributed by atoms with van der Waals surface area (Å²) in [5.41, 5.74) is 0. The van der Waals surface area contributed by atoms with Crippen molar-refractivity contribution in [1.29, 1.82) is 0 Å².